The van der Waals surface area contributed by atoms with Gasteiger partial charge in [0.25, 0.3) is 0 Å². The van der Waals surface area contributed by atoms with E-state index in [2.05, 4.69) is 26.0 Å². The minimum atomic E-state index is -5.24. The first-order valence-corrected chi connectivity index (χ1v) is 23.1. The average molecular weight is 1100 g/mol. The van der Waals surface area contributed by atoms with E-state index < -0.39 is 78.4 Å². The van der Waals surface area contributed by atoms with Gasteiger partial charge in [0.05, 0.1) is 46.7 Å². The van der Waals surface area contributed by atoms with Crippen LogP contribution < -0.4 is 221 Å². The van der Waals surface area contributed by atoms with Crippen molar-refractivity contribution in [2.45, 2.75) is 47.3 Å². The van der Waals surface area contributed by atoms with Crippen molar-refractivity contribution in [1.82, 2.24) is 9.78 Å². The van der Waals surface area contributed by atoms with Gasteiger partial charge in [0.15, 0.2) is 5.82 Å². The maximum Gasteiger partial charge on any atom is 1.00 e. The second kappa shape index (κ2) is 28.5. The number of carbonyl (C=O) groups is 2. The molecule has 0 spiro atoms. The van der Waals surface area contributed by atoms with Crippen LogP contribution in [0.1, 0.15) is 38.2 Å². The van der Waals surface area contributed by atoms with E-state index in [1.807, 2.05) is 6.07 Å². The predicted octanol–water partition coefficient (Wildman–Crippen LogP) is -8.30. The number of aromatic nitrogens is 2. The molecule has 0 radical (unpaired) electrons. The van der Waals surface area contributed by atoms with E-state index in [-0.39, 0.29) is 283 Å². The van der Waals surface area contributed by atoms with Crippen molar-refractivity contribution in [3.63, 3.8) is 0 Å². The quantitative estimate of drug-likeness (QED) is 0.0404. The fourth-order valence-electron chi connectivity index (χ4n) is 5.31. The molecule has 0 atom stereocenters. The molecule has 1 aromatic heterocycles. The molecular weight excluding hydrogens is 1080 g/mol. The summed E-state index contributed by atoms with van der Waals surface area (Å²) in [5.74, 6) is -2.28. The van der Waals surface area contributed by atoms with E-state index in [9.17, 15) is 66.7 Å². The minimum absolute atomic E-state index is 0. The SMILES string of the molecule is CC(=O)Nc1cc(N(CCCCS(=O)(=O)[O-])CCCC(=O)Nc2cc(S(=O)(=O)[O-])cc(S(=O)(=O)[O-])c2)ccc1N=Nc1c(C#N)cnn1-c1c(Cl)cc(S(=O)(=O)[O-])cc1Cl.[K+].[K+].[K+].[K+]. The number of benzene rings is 3. The molecule has 4 aromatic rings. The van der Waals surface area contributed by atoms with Crippen molar-refractivity contribution < 1.29 is 267 Å². The van der Waals surface area contributed by atoms with E-state index in [4.69, 9.17) is 23.2 Å². The molecule has 0 saturated heterocycles. The maximum atomic E-state index is 12.8. The third kappa shape index (κ3) is 20.3. The van der Waals surface area contributed by atoms with Gasteiger partial charge >= 0.3 is 206 Å². The number of anilines is 3. The Kier molecular flexibility index (Phi) is 29.1. The Morgan fingerprint density at radius 3 is 1.80 bits per heavy atom. The summed E-state index contributed by atoms with van der Waals surface area (Å²) < 4.78 is 138. The molecule has 0 unspecified atom stereocenters. The summed E-state index contributed by atoms with van der Waals surface area (Å²) in [6.45, 7) is 1.33. The van der Waals surface area contributed by atoms with Gasteiger partial charge in [0.2, 0.25) is 11.8 Å². The van der Waals surface area contributed by atoms with Gasteiger partial charge in [-0.05, 0) is 67.8 Å². The fourth-order valence-corrected chi connectivity index (χ4v) is 8.33. The molecule has 0 aliphatic carbocycles. The second-order valence-electron chi connectivity index (χ2n) is 12.4. The molecule has 4 rings (SSSR count). The number of hydrogen-bond donors (Lipinski definition) is 2. The predicted molar refractivity (Wildman–Crippen MR) is 207 cm³/mol. The Labute approximate surface area is 548 Å². The van der Waals surface area contributed by atoms with Crippen molar-refractivity contribution in [2.24, 2.45) is 10.2 Å². The standard InChI is InChI=1S/C32H32Cl2N8O14S4.4K/c1-19(43)37-29-13-22(6-7-28(29)39-40-32-20(17-35)18-36-42(32)31-26(33)15-25(16-27(31)34)60(54,55)56)41(8-2-3-10-57(45,46)47)9-4-5-30(44)38-21-11-23(58(48,49)50)14-24(12-21)59(51,52)53;;;;/h6-7,11-16,18H,2-5,8-10H2,1H3,(H,37,43)(H,38,44)(H,45,46,47)(H,48,49,50)(H,51,52,53)(H,54,55,56);;;;/q;4*+1/p-4. The number of halogens is 2. The Hall–Kier alpha value is 1.47. The summed E-state index contributed by atoms with van der Waals surface area (Å²) in [5, 5.41) is 26.2. The molecule has 64 heavy (non-hydrogen) atoms. The number of unbranched alkanes of at least 4 members (excludes halogenated alkanes) is 1. The second-order valence-corrected chi connectivity index (χ2v) is 18.9. The molecule has 0 aliphatic rings. The van der Waals surface area contributed by atoms with Crippen molar-refractivity contribution in [3.05, 3.63) is 70.3 Å². The van der Waals surface area contributed by atoms with Crippen LogP contribution in [0.15, 0.2) is 79.6 Å². The average Bonchev–Trinajstić information content (AvgIpc) is 3.52. The summed E-state index contributed by atoms with van der Waals surface area (Å²) in [4.78, 5) is 23.9. The van der Waals surface area contributed by atoms with Gasteiger partial charge in [-0.2, -0.15) is 10.4 Å². The Morgan fingerprint density at radius 2 is 1.30 bits per heavy atom. The summed E-state index contributed by atoms with van der Waals surface area (Å²) >= 11 is 12.5. The van der Waals surface area contributed by atoms with Gasteiger partial charge < -0.3 is 33.7 Å². The molecule has 0 saturated carbocycles. The van der Waals surface area contributed by atoms with E-state index in [0.717, 1.165) is 23.0 Å². The van der Waals surface area contributed by atoms with Gasteiger partial charge in [0, 0.05) is 43.6 Å². The molecule has 322 valence electrons. The summed E-state index contributed by atoms with van der Waals surface area (Å²) in [5.41, 5.74) is -0.340. The van der Waals surface area contributed by atoms with E-state index in [1.54, 1.807) is 4.90 Å². The summed E-state index contributed by atoms with van der Waals surface area (Å²) in [7, 11) is -20.0. The van der Waals surface area contributed by atoms with Gasteiger partial charge in [0.1, 0.15) is 53.4 Å². The molecule has 0 aliphatic heterocycles. The number of nitrogens with one attached hydrogen (secondary N) is 2. The number of carbonyl (C=O) groups excluding carboxylic acids is 2. The van der Waals surface area contributed by atoms with Crippen molar-refractivity contribution in [3.8, 4) is 11.8 Å². The number of azo groups is 1. The topological polar surface area (TPSA) is 357 Å². The zero-order chi connectivity index (χ0) is 44.8. The van der Waals surface area contributed by atoms with Gasteiger partial charge in [-0.25, -0.2) is 38.4 Å². The molecule has 3 aromatic carbocycles. The molecule has 0 fully saturated rings. The largest absolute Gasteiger partial charge is 1.00 e. The molecule has 22 nitrogen and oxygen atoms in total. The number of rotatable bonds is 18. The monoisotopic (exact) mass is 1100 g/mol. The molecular formula is C32H28Cl2K4N8O14S4. The zero-order valence-electron chi connectivity index (χ0n) is 34.4. The van der Waals surface area contributed by atoms with Crippen LogP contribution in [-0.4, -0.2) is 92.3 Å². The zero-order valence-corrected chi connectivity index (χ0v) is 51.7. The van der Waals surface area contributed by atoms with Crippen LogP contribution in [0.2, 0.25) is 10.0 Å². The summed E-state index contributed by atoms with van der Waals surface area (Å²) in [6, 6.07) is 9.56. The van der Waals surface area contributed by atoms with Crippen LogP contribution in [0.3, 0.4) is 0 Å². The van der Waals surface area contributed by atoms with Crippen molar-refractivity contribution in [1.29, 1.82) is 5.26 Å². The van der Waals surface area contributed by atoms with Crippen LogP contribution in [0, 0.1) is 11.3 Å². The maximum absolute atomic E-state index is 12.8. The fraction of sp³-hybridized carbons (Fsp3) is 0.250. The van der Waals surface area contributed by atoms with Crippen molar-refractivity contribution in [2.75, 3.05) is 34.4 Å². The molecule has 0 bridgehead atoms. The molecule has 32 heteroatoms. The van der Waals surface area contributed by atoms with Crippen LogP contribution in [0.4, 0.5) is 28.6 Å². The molecule has 1 heterocycles. The van der Waals surface area contributed by atoms with Crippen LogP contribution in [-0.2, 0) is 50.1 Å². The Balaban J connectivity index is 0.00000992. The van der Waals surface area contributed by atoms with E-state index in [1.165, 1.54) is 25.1 Å². The van der Waals surface area contributed by atoms with Crippen molar-refractivity contribution >= 4 is 104 Å². The van der Waals surface area contributed by atoms with E-state index in [0.29, 0.717) is 23.9 Å². The number of amides is 2. The molecule has 2 amide bonds. The van der Waals surface area contributed by atoms with Crippen LogP contribution >= 0.6 is 23.2 Å². The normalized spacial score (nSPS) is 11.5. The van der Waals surface area contributed by atoms with Crippen LogP contribution in [0.5, 0.6) is 0 Å². The minimum Gasteiger partial charge on any atom is -0.748 e. The number of nitrogens with zero attached hydrogens (tertiary/aromatic N) is 6. The third-order valence-corrected chi connectivity index (χ3v) is 11.7. The number of hydrogen-bond acceptors (Lipinski definition) is 19. The smallest absolute Gasteiger partial charge is 0.748 e. The van der Waals surface area contributed by atoms with Gasteiger partial charge in [-0.3, -0.25) is 9.59 Å². The Morgan fingerprint density at radius 1 is 0.766 bits per heavy atom. The Bertz CT molecular complexity index is 2810. The first kappa shape index (κ1) is 65.5. The first-order chi connectivity index (χ1) is 27.8. The first-order valence-electron chi connectivity index (χ1n) is 16.6. The van der Waals surface area contributed by atoms with Gasteiger partial charge in [-0.1, -0.05) is 23.2 Å². The third-order valence-electron chi connectivity index (χ3n) is 7.91. The molecule has 2 N–H and O–H groups in total. The van der Waals surface area contributed by atoms with E-state index >= 15 is 0 Å². The van der Waals surface area contributed by atoms with Gasteiger partial charge in [-0.15, -0.1) is 10.2 Å². The van der Waals surface area contributed by atoms with Crippen LogP contribution in [0.25, 0.3) is 5.69 Å². The summed E-state index contributed by atoms with van der Waals surface area (Å²) in [6.07, 6.45) is 0.915. The number of nitriles is 1.